The predicted molar refractivity (Wildman–Crippen MR) is 109 cm³/mol. The topological polar surface area (TPSA) is 51.7 Å². The summed E-state index contributed by atoms with van der Waals surface area (Å²) in [5.74, 6) is 1.36. The Kier molecular flexibility index (Phi) is 6.50. The number of benzene rings is 2. The Morgan fingerprint density at radius 3 is 1.82 bits per heavy atom. The Balaban J connectivity index is 1.86. The van der Waals surface area contributed by atoms with E-state index in [0.29, 0.717) is 23.8 Å². The van der Waals surface area contributed by atoms with Gasteiger partial charge in [-0.05, 0) is 47.5 Å². The molecule has 28 heavy (non-hydrogen) atoms. The molecule has 3 aromatic rings. The Labute approximate surface area is 169 Å². The average molecular weight is 397 g/mol. The first-order valence-electron chi connectivity index (χ1n) is 8.75. The number of methoxy groups -OCH3 is 2. The lowest BCUT2D eigenvalue weighted by Gasteiger charge is -2.23. The summed E-state index contributed by atoms with van der Waals surface area (Å²) in [6, 6.07) is 18.5. The van der Waals surface area contributed by atoms with Gasteiger partial charge in [0.2, 0.25) is 0 Å². The Morgan fingerprint density at radius 2 is 1.39 bits per heavy atom. The van der Waals surface area contributed by atoms with E-state index in [2.05, 4.69) is 4.98 Å². The van der Waals surface area contributed by atoms with Crippen LogP contribution in [0.2, 0.25) is 5.02 Å². The van der Waals surface area contributed by atoms with Crippen LogP contribution in [0.15, 0.2) is 66.9 Å². The number of hydrogen-bond donors (Lipinski definition) is 0. The highest BCUT2D eigenvalue weighted by Gasteiger charge is 2.18. The zero-order valence-corrected chi connectivity index (χ0v) is 16.5. The molecule has 0 fully saturated rings. The SMILES string of the molecule is COc1ccc(CN(Cc2ccc(OC)cc2)C(=O)c2cc(Cl)ccn2)cc1. The predicted octanol–water partition coefficient (Wildman–Crippen LogP) is 4.59. The molecule has 1 aromatic heterocycles. The monoisotopic (exact) mass is 396 g/mol. The number of hydrogen-bond acceptors (Lipinski definition) is 4. The van der Waals surface area contributed by atoms with Gasteiger partial charge >= 0.3 is 0 Å². The van der Waals surface area contributed by atoms with Gasteiger partial charge in [0.1, 0.15) is 17.2 Å². The van der Waals surface area contributed by atoms with Crippen LogP contribution in [-0.4, -0.2) is 30.0 Å². The number of aromatic nitrogens is 1. The van der Waals surface area contributed by atoms with Crippen LogP contribution in [0.1, 0.15) is 21.6 Å². The van der Waals surface area contributed by atoms with E-state index in [1.165, 1.54) is 6.20 Å². The van der Waals surface area contributed by atoms with Crippen molar-refractivity contribution in [3.8, 4) is 11.5 Å². The van der Waals surface area contributed by atoms with Gasteiger partial charge in [0.15, 0.2) is 0 Å². The second-order valence-corrected chi connectivity index (χ2v) is 6.65. The summed E-state index contributed by atoms with van der Waals surface area (Å²) in [6.07, 6.45) is 1.54. The molecule has 0 aliphatic carbocycles. The number of carbonyl (C=O) groups excluding carboxylic acids is 1. The number of carbonyl (C=O) groups is 1. The molecular formula is C22H21ClN2O3. The van der Waals surface area contributed by atoms with E-state index in [1.54, 1.807) is 31.3 Å². The summed E-state index contributed by atoms with van der Waals surface area (Å²) >= 11 is 6.04. The van der Waals surface area contributed by atoms with Gasteiger partial charge in [0, 0.05) is 24.3 Å². The van der Waals surface area contributed by atoms with E-state index in [9.17, 15) is 4.79 Å². The summed E-state index contributed by atoms with van der Waals surface area (Å²) < 4.78 is 10.4. The molecule has 2 aromatic carbocycles. The van der Waals surface area contributed by atoms with E-state index in [4.69, 9.17) is 21.1 Å². The molecule has 0 atom stereocenters. The van der Waals surface area contributed by atoms with Gasteiger partial charge in [-0.2, -0.15) is 0 Å². The van der Waals surface area contributed by atoms with E-state index >= 15 is 0 Å². The summed E-state index contributed by atoms with van der Waals surface area (Å²) in [5, 5.41) is 0.479. The van der Waals surface area contributed by atoms with Crippen molar-refractivity contribution in [3.63, 3.8) is 0 Å². The second-order valence-electron chi connectivity index (χ2n) is 6.22. The smallest absolute Gasteiger partial charge is 0.273 e. The van der Waals surface area contributed by atoms with Crippen molar-refractivity contribution in [3.05, 3.63) is 88.7 Å². The summed E-state index contributed by atoms with van der Waals surface area (Å²) in [7, 11) is 3.25. The summed E-state index contributed by atoms with van der Waals surface area (Å²) in [6.45, 7) is 0.867. The van der Waals surface area contributed by atoms with Crippen LogP contribution in [0.5, 0.6) is 11.5 Å². The minimum absolute atomic E-state index is 0.186. The molecule has 0 unspecified atom stereocenters. The molecule has 3 rings (SSSR count). The van der Waals surface area contributed by atoms with Gasteiger partial charge in [-0.25, -0.2) is 0 Å². The van der Waals surface area contributed by atoms with Crippen LogP contribution in [0.4, 0.5) is 0 Å². The van der Waals surface area contributed by atoms with Gasteiger partial charge < -0.3 is 14.4 Å². The lowest BCUT2D eigenvalue weighted by atomic mass is 10.1. The first-order chi connectivity index (χ1) is 13.6. The molecule has 0 aliphatic rings. The van der Waals surface area contributed by atoms with Crippen molar-refractivity contribution in [2.45, 2.75) is 13.1 Å². The Bertz CT molecular complexity index is 878. The second kappa shape index (κ2) is 9.24. The van der Waals surface area contributed by atoms with Gasteiger partial charge in [0.25, 0.3) is 5.91 Å². The third-order valence-electron chi connectivity index (χ3n) is 4.29. The van der Waals surface area contributed by atoms with Gasteiger partial charge in [-0.15, -0.1) is 0 Å². The van der Waals surface area contributed by atoms with Crippen molar-refractivity contribution >= 4 is 17.5 Å². The standard InChI is InChI=1S/C22H21ClN2O3/c1-27-19-7-3-16(4-8-19)14-25(15-17-5-9-20(28-2)10-6-17)22(26)21-13-18(23)11-12-24-21/h3-13H,14-15H2,1-2H3. The zero-order chi connectivity index (χ0) is 19.9. The van der Waals surface area contributed by atoms with Gasteiger partial charge in [-0.1, -0.05) is 35.9 Å². The summed E-state index contributed by atoms with van der Waals surface area (Å²) in [4.78, 5) is 19.0. The molecule has 1 heterocycles. The maximum Gasteiger partial charge on any atom is 0.273 e. The normalized spacial score (nSPS) is 10.4. The maximum absolute atomic E-state index is 13.1. The van der Waals surface area contributed by atoms with E-state index in [-0.39, 0.29) is 5.91 Å². The van der Waals surface area contributed by atoms with E-state index < -0.39 is 0 Å². The highest BCUT2D eigenvalue weighted by molar-refractivity contribution is 6.30. The minimum atomic E-state index is -0.186. The molecule has 0 spiro atoms. The number of halogens is 1. The van der Waals surface area contributed by atoms with Gasteiger partial charge in [-0.3, -0.25) is 9.78 Å². The van der Waals surface area contributed by atoms with Crippen LogP contribution in [0.25, 0.3) is 0 Å². The highest BCUT2D eigenvalue weighted by Crippen LogP contribution is 2.19. The van der Waals surface area contributed by atoms with Crippen molar-refractivity contribution < 1.29 is 14.3 Å². The number of amides is 1. The minimum Gasteiger partial charge on any atom is -0.497 e. The number of ether oxygens (including phenoxy) is 2. The quantitative estimate of drug-likeness (QED) is 0.586. The fourth-order valence-electron chi connectivity index (χ4n) is 2.79. The Hall–Kier alpha value is -3.05. The van der Waals surface area contributed by atoms with Crippen LogP contribution in [0, 0.1) is 0 Å². The Morgan fingerprint density at radius 1 is 0.893 bits per heavy atom. The molecule has 0 saturated heterocycles. The molecule has 0 saturated carbocycles. The molecule has 0 bridgehead atoms. The number of rotatable bonds is 7. The van der Waals surface area contributed by atoms with E-state index in [1.807, 2.05) is 48.5 Å². The molecule has 5 nitrogen and oxygen atoms in total. The number of pyridine rings is 1. The van der Waals surface area contributed by atoms with Crippen molar-refractivity contribution in [1.82, 2.24) is 9.88 Å². The third kappa shape index (κ3) is 5.02. The molecule has 0 N–H and O–H groups in total. The molecule has 0 radical (unpaired) electrons. The van der Waals surface area contributed by atoms with Crippen molar-refractivity contribution in [2.75, 3.05) is 14.2 Å². The first-order valence-corrected chi connectivity index (χ1v) is 9.13. The largest absolute Gasteiger partial charge is 0.497 e. The number of nitrogens with zero attached hydrogens (tertiary/aromatic N) is 2. The van der Waals surface area contributed by atoms with Crippen LogP contribution in [0.3, 0.4) is 0 Å². The van der Waals surface area contributed by atoms with Crippen LogP contribution in [-0.2, 0) is 13.1 Å². The highest BCUT2D eigenvalue weighted by atomic mass is 35.5. The molecule has 144 valence electrons. The zero-order valence-electron chi connectivity index (χ0n) is 15.8. The fraction of sp³-hybridized carbons (Fsp3) is 0.182. The summed E-state index contributed by atoms with van der Waals surface area (Å²) in [5.41, 5.74) is 2.30. The third-order valence-corrected chi connectivity index (χ3v) is 4.53. The molecule has 6 heteroatoms. The van der Waals surface area contributed by atoms with Crippen molar-refractivity contribution in [2.24, 2.45) is 0 Å². The fourth-order valence-corrected chi connectivity index (χ4v) is 2.95. The lowest BCUT2D eigenvalue weighted by molar-refractivity contribution is 0.0724. The lowest BCUT2D eigenvalue weighted by Crippen LogP contribution is -2.30. The molecule has 1 amide bonds. The van der Waals surface area contributed by atoms with Crippen molar-refractivity contribution in [1.29, 1.82) is 0 Å². The molecule has 0 aliphatic heterocycles. The van der Waals surface area contributed by atoms with Crippen LogP contribution < -0.4 is 9.47 Å². The average Bonchev–Trinajstić information content (AvgIpc) is 2.74. The van der Waals surface area contributed by atoms with Crippen LogP contribution >= 0.6 is 11.6 Å². The first kappa shape index (κ1) is 19.7. The van der Waals surface area contributed by atoms with E-state index in [0.717, 1.165) is 22.6 Å². The van der Waals surface area contributed by atoms with Gasteiger partial charge in [0.05, 0.1) is 14.2 Å². The molecular weight excluding hydrogens is 376 g/mol. The maximum atomic E-state index is 13.1.